The third kappa shape index (κ3) is 4.02. The summed E-state index contributed by atoms with van der Waals surface area (Å²) in [6, 6.07) is 43.6. The van der Waals surface area contributed by atoms with Gasteiger partial charge >= 0.3 is 0 Å². The number of nitrogens with zero attached hydrogens (tertiary/aromatic N) is 4. The zero-order valence-corrected chi connectivity index (χ0v) is 25.4. The molecule has 0 saturated carbocycles. The van der Waals surface area contributed by atoms with E-state index in [0.29, 0.717) is 23.2 Å². The van der Waals surface area contributed by atoms with Crippen molar-refractivity contribution in [1.82, 2.24) is 19.9 Å². The second-order valence-electron chi connectivity index (χ2n) is 12.3. The van der Waals surface area contributed by atoms with Crippen LogP contribution >= 0.6 is 0 Å². The molecule has 0 amide bonds. The largest absolute Gasteiger partial charge is 0.455 e. The number of para-hydroxylation sites is 2. The van der Waals surface area contributed by atoms with E-state index < -0.39 is 0 Å². The van der Waals surface area contributed by atoms with E-state index in [2.05, 4.69) is 80.6 Å². The maximum absolute atomic E-state index is 6.72. The Hall–Kier alpha value is -5.94. The van der Waals surface area contributed by atoms with Crippen molar-refractivity contribution in [1.29, 1.82) is 0 Å². The highest BCUT2D eigenvalue weighted by Crippen LogP contribution is 2.49. The number of hydrogen-bond donors (Lipinski definition) is 0. The molecule has 0 atom stereocenters. The standard InChI is InChI=1S/C41H28N4O/c1-41(2)33-22-10-9-17-28(33)32-24-42-35(23-34(32)41)40-44-38(26-15-7-4-8-16-26)43-39(45-40)31-21-12-20-30-29-19-11-18-27(36(29)46-37(30)31)25-13-5-3-6-14-25/h3-24H,1-2H3. The summed E-state index contributed by atoms with van der Waals surface area (Å²) in [5, 5.41) is 2.07. The van der Waals surface area contributed by atoms with Gasteiger partial charge in [-0.1, -0.05) is 129 Å². The number of hydrogen-bond acceptors (Lipinski definition) is 5. The minimum Gasteiger partial charge on any atom is -0.455 e. The highest BCUT2D eigenvalue weighted by Gasteiger charge is 2.36. The van der Waals surface area contributed by atoms with Crippen molar-refractivity contribution in [3.8, 4) is 56.5 Å². The second kappa shape index (κ2) is 10.0. The third-order valence-electron chi connectivity index (χ3n) is 9.21. The van der Waals surface area contributed by atoms with E-state index in [1.807, 2.05) is 66.9 Å². The summed E-state index contributed by atoms with van der Waals surface area (Å²) in [4.78, 5) is 20.0. The molecule has 0 aliphatic heterocycles. The SMILES string of the molecule is CC1(C)c2ccccc2-c2cnc(-c3nc(-c4ccccc4)nc(-c4cccc5c4oc4c(-c6ccccc6)cccc45)n3)cc21. The summed E-state index contributed by atoms with van der Waals surface area (Å²) < 4.78 is 6.72. The fraction of sp³-hybridized carbons (Fsp3) is 0.0732. The first-order valence-corrected chi connectivity index (χ1v) is 15.5. The topological polar surface area (TPSA) is 64.7 Å². The Morgan fingerprint density at radius 2 is 1.07 bits per heavy atom. The molecule has 0 spiro atoms. The van der Waals surface area contributed by atoms with Crippen LogP contribution in [0.1, 0.15) is 25.0 Å². The van der Waals surface area contributed by atoms with Gasteiger partial charge in [-0.25, -0.2) is 15.0 Å². The van der Waals surface area contributed by atoms with Crippen LogP contribution in [-0.4, -0.2) is 19.9 Å². The summed E-state index contributed by atoms with van der Waals surface area (Å²) in [6.07, 6.45) is 1.97. The van der Waals surface area contributed by atoms with E-state index in [-0.39, 0.29) is 5.41 Å². The Morgan fingerprint density at radius 1 is 0.478 bits per heavy atom. The third-order valence-corrected chi connectivity index (χ3v) is 9.21. The summed E-state index contributed by atoms with van der Waals surface area (Å²) in [7, 11) is 0. The molecule has 1 aliphatic carbocycles. The van der Waals surface area contributed by atoms with Gasteiger partial charge in [-0.2, -0.15) is 0 Å². The lowest BCUT2D eigenvalue weighted by Crippen LogP contribution is -2.15. The van der Waals surface area contributed by atoms with Crippen molar-refractivity contribution in [2.24, 2.45) is 0 Å². The van der Waals surface area contributed by atoms with E-state index in [4.69, 9.17) is 24.4 Å². The molecule has 0 N–H and O–H groups in total. The molecule has 46 heavy (non-hydrogen) atoms. The Bertz CT molecular complexity index is 2450. The van der Waals surface area contributed by atoms with Gasteiger partial charge < -0.3 is 4.42 Å². The quantitative estimate of drug-likeness (QED) is 0.203. The van der Waals surface area contributed by atoms with Gasteiger partial charge in [-0.15, -0.1) is 0 Å². The first-order valence-electron chi connectivity index (χ1n) is 15.5. The number of aromatic nitrogens is 4. The van der Waals surface area contributed by atoms with Crippen molar-refractivity contribution in [3.05, 3.63) is 145 Å². The van der Waals surface area contributed by atoms with Gasteiger partial charge in [-0.3, -0.25) is 4.98 Å². The lowest BCUT2D eigenvalue weighted by molar-refractivity contribution is 0.660. The monoisotopic (exact) mass is 592 g/mol. The van der Waals surface area contributed by atoms with E-state index in [1.54, 1.807) is 0 Å². The van der Waals surface area contributed by atoms with Crippen molar-refractivity contribution >= 4 is 21.9 Å². The molecule has 0 fully saturated rings. The van der Waals surface area contributed by atoms with Crippen LogP contribution in [-0.2, 0) is 5.41 Å². The predicted molar refractivity (Wildman–Crippen MR) is 184 cm³/mol. The van der Waals surface area contributed by atoms with Crippen LogP contribution in [0.4, 0.5) is 0 Å². The Morgan fingerprint density at radius 3 is 1.83 bits per heavy atom. The van der Waals surface area contributed by atoms with Crippen LogP contribution in [0.3, 0.4) is 0 Å². The molecule has 0 unspecified atom stereocenters. The fourth-order valence-electron chi connectivity index (χ4n) is 6.89. The minimum absolute atomic E-state index is 0.169. The van der Waals surface area contributed by atoms with Crippen LogP contribution in [0.5, 0.6) is 0 Å². The molecule has 5 nitrogen and oxygen atoms in total. The first kappa shape index (κ1) is 26.5. The Kier molecular flexibility index (Phi) is 5.78. The molecule has 8 aromatic rings. The average Bonchev–Trinajstić information content (AvgIpc) is 3.61. The number of furan rings is 1. The molecule has 0 radical (unpaired) electrons. The molecule has 3 heterocycles. The van der Waals surface area contributed by atoms with E-state index in [9.17, 15) is 0 Å². The van der Waals surface area contributed by atoms with Crippen LogP contribution in [0.2, 0.25) is 0 Å². The number of fused-ring (bicyclic) bond motifs is 6. The van der Waals surface area contributed by atoms with Crippen LogP contribution in [0.25, 0.3) is 78.5 Å². The average molecular weight is 593 g/mol. The summed E-state index contributed by atoms with van der Waals surface area (Å²) in [5.41, 5.74) is 10.9. The Balaban J connectivity index is 1.26. The predicted octanol–water partition coefficient (Wildman–Crippen LogP) is 10.1. The molecule has 218 valence electrons. The van der Waals surface area contributed by atoms with Crippen molar-refractivity contribution in [3.63, 3.8) is 0 Å². The molecule has 5 heteroatoms. The smallest absolute Gasteiger partial charge is 0.182 e. The van der Waals surface area contributed by atoms with E-state index in [1.165, 1.54) is 16.7 Å². The highest BCUT2D eigenvalue weighted by molar-refractivity contribution is 6.12. The number of benzene rings is 5. The van der Waals surface area contributed by atoms with Crippen molar-refractivity contribution in [2.45, 2.75) is 19.3 Å². The molecular weight excluding hydrogens is 564 g/mol. The zero-order chi connectivity index (χ0) is 30.8. The minimum atomic E-state index is -0.169. The van der Waals surface area contributed by atoms with Gasteiger partial charge in [-0.05, 0) is 34.4 Å². The highest BCUT2D eigenvalue weighted by atomic mass is 16.3. The number of pyridine rings is 1. The molecule has 9 rings (SSSR count). The zero-order valence-electron chi connectivity index (χ0n) is 25.4. The van der Waals surface area contributed by atoms with Gasteiger partial charge in [0.25, 0.3) is 0 Å². The first-order chi connectivity index (χ1) is 22.6. The molecule has 0 bridgehead atoms. The van der Waals surface area contributed by atoms with Crippen LogP contribution in [0, 0.1) is 0 Å². The van der Waals surface area contributed by atoms with Gasteiger partial charge in [0, 0.05) is 39.1 Å². The van der Waals surface area contributed by atoms with Crippen LogP contribution in [0.15, 0.2) is 138 Å². The molecule has 3 aromatic heterocycles. The summed E-state index contributed by atoms with van der Waals surface area (Å²) in [5.74, 6) is 1.65. The molecule has 5 aromatic carbocycles. The van der Waals surface area contributed by atoms with Gasteiger partial charge in [0.2, 0.25) is 0 Å². The van der Waals surface area contributed by atoms with Crippen LogP contribution < -0.4 is 0 Å². The van der Waals surface area contributed by atoms with E-state index in [0.717, 1.165) is 49.8 Å². The Labute approximate surface area is 266 Å². The molecule has 1 aliphatic rings. The van der Waals surface area contributed by atoms with Gasteiger partial charge in [0.15, 0.2) is 17.5 Å². The lowest BCUT2D eigenvalue weighted by Gasteiger charge is -2.21. The fourth-order valence-corrected chi connectivity index (χ4v) is 6.89. The summed E-state index contributed by atoms with van der Waals surface area (Å²) >= 11 is 0. The second-order valence-corrected chi connectivity index (χ2v) is 12.3. The summed E-state index contributed by atoms with van der Waals surface area (Å²) in [6.45, 7) is 4.53. The normalized spacial score (nSPS) is 13.2. The van der Waals surface area contributed by atoms with Crippen molar-refractivity contribution < 1.29 is 4.42 Å². The molecular formula is C41H28N4O. The van der Waals surface area contributed by atoms with Crippen molar-refractivity contribution in [2.75, 3.05) is 0 Å². The van der Waals surface area contributed by atoms with Gasteiger partial charge in [0.05, 0.1) is 5.56 Å². The van der Waals surface area contributed by atoms with E-state index >= 15 is 0 Å². The molecule has 0 saturated heterocycles. The lowest BCUT2D eigenvalue weighted by atomic mass is 9.82. The maximum Gasteiger partial charge on any atom is 0.182 e. The number of rotatable bonds is 4. The maximum atomic E-state index is 6.72. The van der Waals surface area contributed by atoms with Gasteiger partial charge in [0.1, 0.15) is 16.9 Å².